The van der Waals surface area contributed by atoms with E-state index in [2.05, 4.69) is 37.3 Å². The lowest BCUT2D eigenvalue weighted by Crippen LogP contribution is -1.97. The number of rotatable bonds is 9. The van der Waals surface area contributed by atoms with Crippen LogP contribution in [0, 0.1) is 6.92 Å². The zero-order chi connectivity index (χ0) is 11.5. The molecule has 0 atom stereocenters. The fourth-order valence-corrected chi connectivity index (χ4v) is 1.66. The average molecular weight is 219 g/mol. The van der Waals surface area contributed by atoms with Crippen molar-refractivity contribution in [3.05, 3.63) is 42.8 Å². The van der Waals surface area contributed by atoms with Gasteiger partial charge in [0.15, 0.2) is 0 Å². The Bertz CT molecular complexity index is 243. The molecule has 0 saturated heterocycles. The molecule has 1 aromatic carbocycles. The van der Waals surface area contributed by atoms with Gasteiger partial charge in [-0.15, -0.1) is 0 Å². The molecule has 0 aliphatic rings. The Kier molecular flexibility index (Phi) is 7.79. The van der Waals surface area contributed by atoms with E-state index >= 15 is 0 Å². The maximum atomic E-state index is 5.55. The van der Waals surface area contributed by atoms with Gasteiger partial charge in [-0.2, -0.15) is 0 Å². The van der Waals surface area contributed by atoms with E-state index < -0.39 is 0 Å². The molecular formula is C15H23O. The smallest absolute Gasteiger partial charge is 0.0466 e. The van der Waals surface area contributed by atoms with E-state index in [9.17, 15) is 0 Å². The summed E-state index contributed by atoms with van der Waals surface area (Å²) >= 11 is 0. The van der Waals surface area contributed by atoms with E-state index in [1.165, 1.54) is 31.2 Å². The summed E-state index contributed by atoms with van der Waals surface area (Å²) in [7, 11) is 0. The number of benzene rings is 1. The second-order valence-electron chi connectivity index (χ2n) is 4.12. The van der Waals surface area contributed by atoms with Crippen molar-refractivity contribution in [1.82, 2.24) is 0 Å². The zero-order valence-electron chi connectivity index (χ0n) is 10.2. The molecule has 0 fully saturated rings. The summed E-state index contributed by atoms with van der Waals surface area (Å²) in [6, 6.07) is 10.6. The predicted molar refractivity (Wildman–Crippen MR) is 69.4 cm³/mol. The summed E-state index contributed by atoms with van der Waals surface area (Å²) in [5.41, 5.74) is 1.43. The topological polar surface area (TPSA) is 9.23 Å². The SMILES string of the molecule is [CH2]CCCCOCCCCc1ccccc1. The van der Waals surface area contributed by atoms with Crippen LogP contribution in [-0.4, -0.2) is 13.2 Å². The molecule has 0 aliphatic carbocycles. The summed E-state index contributed by atoms with van der Waals surface area (Å²) in [6.07, 6.45) is 6.92. The summed E-state index contributed by atoms with van der Waals surface area (Å²) < 4.78 is 5.55. The Morgan fingerprint density at radius 2 is 1.56 bits per heavy atom. The first-order valence-corrected chi connectivity index (χ1v) is 6.34. The Morgan fingerprint density at radius 1 is 0.875 bits per heavy atom. The zero-order valence-corrected chi connectivity index (χ0v) is 10.2. The second kappa shape index (κ2) is 9.41. The van der Waals surface area contributed by atoms with Crippen molar-refractivity contribution in [3.63, 3.8) is 0 Å². The van der Waals surface area contributed by atoms with Gasteiger partial charge >= 0.3 is 0 Å². The standard InChI is InChI=1S/C15H23O/c1-2-3-8-13-16-14-9-7-12-15-10-5-4-6-11-15/h4-6,10-11H,1-3,7-9,12-14H2. The molecule has 16 heavy (non-hydrogen) atoms. The quantitative estimate of drug-likeness (QED) is 0.570. The first-order valence-electron chi connectivity index (χ1n) is 6.34. The van der Waals surface area contributed by atoms with Gasteiger partial charge in [0.2, 0.25) is 0 Å². The molecule has 1 rings (SSSR count). The van der Waals surface area contributed by atoms with Gasteiger partial charge in [-0.1, -0.05) is 50.1 Å². The minimum absolute atomic E-state index is 0.904. The maximum Gasteiger partial charge on any atom is 0.0466 e. The van der Waals surface area contributed by atoms with Crippen LogP contribution < -0.4 is 0 Å². The van der Waals surface area contributed by atoms with E-state index in [1.54, 1.807) is 0 Å². The van der Waals surface area contributed by atoms with Crippen LogP contribution in [0.1, 0.15) is 37.7 Å². The molecule has 0 amide bonds. The van der Waals surface area contributed by atoms with Gasteiger partial charge in [0.05, 0.1) is 0 Å². The molecular weight excluding hydrogens is 196 g/mol. The van der Waals surface area contributed by atoms with Gasteiger partial charge in [0, 0.05) is 13.2 Å². The lowest BCUT2D eigenvalue weighted by molar-refractivity contribution is 0.127. The van der Waals surface area contributed by atoms with Gasteiger partial charge in [-0.25, -0.2) is 0 Å². The van der Waals surface area contributed by atoms with Crippen molar-refractivity contribution in [2.75, 3.05) is 13.2 Å². The molecule has 1 nitrogen and oxygen atoms in total. The van der Waals surface area contributed by atoms with Crippen LogP contribution in [-0.2, 0) is 11.2 Å². The summed E-state index contributed by atoms with van der Waals surface area (Å²) in [5.74, 6) is 0. The predicted octanol–water partition coefficient (Wildman–Crippen LogP) is 4.03. The van der Waals surface area contributed by atoms with Crippen molar-refractivity contribution in [2.45, 2.75) is 38.5 Å². The molecule has 0 unspecified atom stereocenters. The highest BCUT2D eigenvalue weighted by Crippen LogP contribution is 2.04. The molecule has 89 valence electrons. The summed E-state index contributed by atoms with van der Waals surface area (Å²) in [5, 5.41) is 0. The highest BCUT2D eigenvalue weighted by Gasteiger charge is 1.93. The van der Waals surface area contributed by atoms with E-state index in [-0.39, 0.29) is 0 Å². The first kappa shape index (κ1) is 13.2. The Labute approximate surface area is 99.8 Å². The average Bonchev–Trinajstić information content (AvgIpc) is 2.34. The van der Waals surface area contributed by atoms with Crippen molar-refractivity contribution < 1.29 is 4.74 Å². The van der Waals surface area contributed by atoms with Crippen LogP contribution in [0.5, 0.6) is 0 Å². The van der Waals surface area contributed by atoms with Crippen LogP contribution in [0.25, 0.3) is 0 Å². The lowest BCUT2D eigenvalue weighted by Gasteiger charge is -2.04. The van der Waals surface area contributed by atoms with Crippen molar-refractivity contribution in [2.24, 2.45) is 0 Å². The molecule has 0 saturated carbocycles. The number of ether oxygens (including phenoxy) is 1. The molecule has 1 aromatic rings. The number of unbranched alkanes of at least 4 members (excludes halogenated alkanes) is 3. The molecule has 1 heteroatoms. The monoisotopic (exact) mass is 219 g/mol. The van der Waals surface area contributed by atoms with E-state index in [1.807, 2.05) is 0 Å². The highest BCUT2D eigenvalue weighted by atomic mass is 16.5. The van der Waals surface area contributed by atoms with Crippen LogP contribution in [0.4, 0.5) is 0 Å². The molecule has 0 spiro atoms. The third kappa shape index (κ3) is 6.62. The number of aryl methyl sites for hydroxylation is 1. The van der Waals surface area contributed by atoms with Crippen molar-refractivity contribution in [1.29, 1.82) is 0 Å². The van der Waals surface area contributed by atoms with E-state index in [0.29, 0.717) is 0 Å². The van der Waals surface area contributed by atoms with E-state index in [4.69, 9.17) is 4.74 Å². The van der Waals surface area contributed by atoms with Crippen LogP contribution >= 0.6 is 0 Å². The van der Waals surface area contributed by atoms with Crippen molar-refractivity contribution in [3.8, 4) is 0 Å². The second-order valence-corrected chi connectivity index (χ2v) is 4.12. The van der Waals surface area contributed by atoms with Crippen LogP contribution in [0.3, 0.4) is 0 Å². The molecule has 0 N–H and O–H groups in total. The van der Waals surface area contributed by atoms with Gasteiger partial charge in [-0.05, 0) is 31.2 Å². The minimum atomic E-state index is 0.904. The largest absolute Gasteiger partial charge is 0.381 e. The van der Waals surface area contributed by atoms with Crippen LogP contribution in [0.2, 0.25) is 0 Å². The molecule has 0 heterocycles. The Balaban J connectivity index is 1.89. The lowest BCUT2D eigenvalue weighted by atomic mass is 10.1. The summed E-state index contributed by atoms with van der Waals surface area (Å²) in [4.78, 5) is 0. The number of hydrogen-bond donors (Lipinski definition) is 0. The molecule has 0 bridgehead atoms. The van der Waals surface area contributed by atoms with Gasteiger partial charge in [-0.3, -0.25) is 0 Å². The summed E-state index contributed by atoms with van der Waals surface area (Å²) in [6.45, 7) is 5.62. The Morgan fingerprint density at radius 3 is 2.25 bits per heavy atom. The van der Waals surface area contributed by atoms with Gasteiger partial charge in [0.25, 0.3) is 0 Å². The Hall–Kier alpha value is -0.820. The maximum absolute atomic E-state index is 5.55. The highest BCUT2D eigenvalue weighted by molar-refractivity contribution is 5.14. The van der Waals surface area contributed by atoms with Gasteiger partial charge < -0.3 is 4.74 Å². The first-order chi connectivity index (χ1) is 7.93. The van der Waals surface area contributed by atoms with Gasteiger partial charge in [0.1, 0.15) is 0 Å². The molecule has 0 aliphatic heterocycles. The minimum Gasteiger partial charge on any atom is -0.381 e. The van der Waals surface area contributed by atoms with Crippen molar-refractivity contribution >= 4 is 0 Å². The molecule has 0 aromatic heterocycles. The fourth-order valence-electron chi connectivity index (χ4n) is 1.66. The fraction of sp³-hybridized carbons (Fsp3) is 0.533. The number of hydrogen-bond acceptors (Lipinski definition) is 1. The molecule has 1 radical (unpaired) electrons. The normalized spacial score (nSPS) is 10.6. The van der Waals surface area contributed by atoms with E-state index in [0.717, 1.165) is 26.1 Å². The third-order valence-corrected chi connectivity index (χ3v) is 2.64. The third-order valence-electron chi connectivity index (χ3n) is 2.64. The van der Waals surface area contributed by atoms with Crippen LogP contribution in [0.15, 0.2) is 30.3 Å².